The molecule has 0 radical (unpaired) electrons. The van der Waals surface area contributed by atoms with E-state index in [2.05, 4.69) is 25.8 Å². The van der Waals surface area contributed by atoms with E-state index in [1.807, 2.05) is 6.92 Å². The smallest absolute Gasteiger partial charge is 0.276 e. The monoisotopic (exact) mass is 622 g/mol. The molecule has 0 aliphatic heterocycles. The summed E-state index contributed by atoms with van der Waals surface area (Å²) in [6.07, 6.45) is 8.07. The van der Waals surface area contributed by atoms with Gasteiger partial charge in [-0.15, -0.1) is 5.10 Å². The van der Waals surface area contributed by atoms with Gasteiger partial charge in [0.1, 0.15) is 28.8 Å². The van der Waals surface area contributed by atoms with Crippen molar-refractivity contribution in [1.82, 2.24) is 34.6 Å². The van der Waals surface area contributed by atoms with Crippen molar-refractivity contribution in [2.75, 3.05) is 5.32 Å². The largest absolute Gasteiger partial charge is 0.321 e. The topological polar surface area (TPSA) is 95.5 Å². The summed E-state index contributed by atoms with van der Waals surface area (Å²) in [6.45, 7) is 3.52. The number of nitrogens with one attached hydrogen (secondary N) is 1. The Kier molecular flexibility index (Phi) is 7.47. The van der Waals surface area contributed by atoms with Gasteiger partial charge in [0.15, 0.2) is 5.69 Å². The van der Waals surface area contributed by atoms with Gasteiger partial charge in [-0.2, -0.15) is 10.2 Å². The number of carbonyl (C=O) groups excluding carboxylic acids is 1. The highest BCUT2D eigenvalue weighted by Gasteiger charge is 2.26. The fourth-order valence-electron chi connectivity index (χ4n) is 5.82. The highest BCUT2D eigenvalue weighted by atomic mass is 19.1. The minimum Gasteiger partial charge on any atom is -0.321 e. The normalized spacial score (nSPS) is 13.4. The van der Waals surface area contributed by atoms with Gasteiger partial charge in [0, 0.05) is 34.9 Å². The summed E-state index contributed by atoms with van der Waals surface area (Å²) in [5.74, 6) is -1.78. The molecule has 9 nitrogen and oxygen atoms in total. The molecule has 12 heteroatoms. The number of rotatable bonds is 7. The van der Waals surface area contributed by atoms with Crippen LogP contribution in [-0.2, 0) is 12.8 Å². The van der Waals surface area contributed by atoms with Crippen molar-refractivity contribution < 1.29 is 18.0 Å². The summed E-state index contributed by atoms with van der Waals surface area (Å²) in [5.41, 5.74) is 4.75. The van der Waals surface area contributed by atoms with Gasteiger partial charge in [0.25, 0.3) is 5.91 Å². The van der Waals surface area contributed by atoms with Crippen LogP contribution in [0.5, 0.6) is 0 Å². The van der Waals surface area contributed by atoms with Crippen molar-refractivity contribution >= 4 is 11.6 Å². The molecular formula is C34H29F3N8O. The third-order valence-corrected chi connectivity index (χ3v) is 8.41. The lowest BCUT2D eigenvalue weighted by molar-refractivity contribution is 0.102. The van der Waals surface area contributed by atoms with E-state index in [0.717, 1.165) is 30.5 Å². The number of aryl methyl sites for hydroxylation is 1. The maximum atomic E-state index is 15.1. The maximum absolute atomic E-state index is 15.1. The first-order valence-corrected chi connectivity index (χ1v) is 15.0. The van der Waals surface area contributed by atoms with E-state index in [1.54, 1.807) is 60.5 Å². The molecule has 232 valence electrons. The summed E-state index contributed by atoms with van der Waals surface area (Å²) >= 11 is 0. The van der Waals surface area contributed by atoms with Gasteiger partial charge < -0.3 is 5.32 Å². The second-order valence-electron chi connectivity index (χ2n) is 11.4. The Hall–Kier alpha value is -5.52. The van der Waals surface area contributed by atoms with E-state index in [-0.39, 0.29) is 22.8 Å². The summed E-state index contributed by atoms with van der Waals surface area (Å²) in [5, 5.41) is 19.9. The zero-order valence-corrected chi connectivity index (χ0v) is 25.1. The summed E-state index contributed by atoms with van der Waals surface area (Å²) in [6, 6.07) is 15.2. The Labute approximate surface area is 262 Å². The van der Waals surface area contributed by atoms with Gasteiger partial charge in [-0.05, 0) is 99.2 Å². The standard InChI is InChI=1S/C34H29F3N8O/c1-20-8-11-24(18-28(20)36)45-31-7-4-3-6-25(31)33(41-45)34(46)39-23-10-12-27(35)26(17-23)30-19-44(42-40-30)21(2)22-9-13-32(29(37)16-22)43-15-5-14-38-43/h5,8-19,21H,3-4,6-7H2,1-2H3,(H,39,46)/t21-/m1/s1. The molecule has 3 aromatic heterocycles. The highest BCUT2D eigenvalue weighted by molar-refractivity contribution is 6.04. The molecule has 3 heterocycles. The first-order chi connectivity index (χ1) is 22.3. The molecule has 1 amide bonds. The second kappa shape index (κ2) is 11.8. The van der Waals surface area contributed by atoms with Crippen molar-refractivity contribution in [3.05, 3.63) is 125 Å². The number of benzene rings is 3. The van der Waals surface area contributed by atoms with E-state index in [4.69, 9.17) is 0 Å². The molecule has 46 heavy (non-hydrogen) atoms. The van der Waals surface area contributed by atoms with Crippen LogP contribution in [0.3, 0.4) is 0 Å². The first kappa shape index (κ1) is 29.2. The number of aromatic nitrogens is 7. The molecule has 0 saturated carbocycles. The number of hydrogen-bond acceptors (Lipinski definition) is 5. The van der Waals surface area contributed by atoms with Crippen molar-refractivity contribution in [2.45, 2.75) is 45.6 Å². The van der Waals surface area contributed by atoms with Crippen molar-refractivity contribution in [3.8, 4) is 22.6 Å². The third-order valence-electron chi connectivity index (χ3n) is 8.41. The fraction of sp³-hybridized carbons (Fsp3) is 0.206. The molecule has 6 aromatic rings. The molecule has 0 spiro atoms. The van der Waals surface area contributed by atoms with Crippen LogP contribution in [0, 0.1) is 24.4 Å². The SMILES string of the molecule is Cc1ccc(-n2nc(C(=O)Nc3ccc(F)c(-c4cn([C@H](C)c5ccc(-n6cccn6)c(F)c5)nn4)c3)c3c2CCCC3)cc1F. The Morgan fingerprint density at radius 1 is 0.957 bits per heavy atom. The number of amides is 1. The Morgan fingerprint density at radius 3 is 2.59 bits per heavy atom. The van der Waals surface area contributed by atoms with Crippen LogP contribution in [0.4, 0.5) is 18.9 Å². The molecule has 1 N–H and O–H groups in total. The number of anilines is 1. The molecule has 1 aliphatic carbocycles. The van der Waals surface area contributed by atoms with Crippen LogP contribution < -0.4 is 5.32 Å². The van der Waals surface area contributed by atoms with Gasteiger partial charge >= 0.3 is 0 Å². The minimum absolute atomic E-state index is 0.138. The van der Waals surface area contributed by atoms with E-state index >= 15 is 4.39 Å². The average molecular weight is 623 g/mol. The quantitative estimate of drug-likeness (QED) is 0.212. The van der Waals surface area contributed by atoms with Crippen molar-refractivity contribution in [2.24, 2.45) is 0 Å². The molecule has 1 aliphatic rings. The predicted octanol–water partition coefficient (Wildman–Crippen LogP) is 6.78. The molecule has 0 fully saturated rings. The minimum atomic E-state index is -0.546. The van der Waals surface area contributed by atoms with E-state index in [0.29, 0.717) is 34.6 Å². The summed E-state index contributed by atoms with van der Waals surface area (Å²) in [4.78, 5) is 13.5. The number of nitrogens with zero attached hydrogens (tertiary/aromatic N) is 7. The molecule has 7 rings (SSSR count). The maximum Gasteiger partial charge on any atom is 0.276 e. The van der Waals surface area contributed by atoms with E-state index in [1.165, 1.54) is 39.7 Å². The van der Waals surface area contributed by atoms with Crippen LogP contribution in [0.25, 0.3) is 22.6 Å². The van der Waals surface area contributed by atoms with Gasteiger partial charge in [-0.1, -0.05) is 17.3 Å². The molecule has 0 unspecified atom stereocenters. The lowest BCUT2D eigenvalue weighted by Crippen LogP contribution is -2.15. The molecule has 0 bridgehead atoms. The summed E-state index contributed by atoms with van der Waals surface area (Å²) < 4.78 is 49.0. The highest BCUT2D eigenvalue weighted by Crippen LogP contribution is 2.30. The molecule has 1 atom stereocenters. The Bertz CT molecular complexity index is 2080. The van der Waals surface area contributed by atoms with E-state index in [9.17, 15) is 13.6 Å². The number of halogens is 3. The Morgan fingerprint density at radius 2 is 1.80 bits per heavy atom. The van der Waals surface area contributed by atoms with Crippen LogP contribution in [0.15, 0.2) is 79.3 Å². The van der Waals surface area contributed by atoms with Crippen LogP contribution in [0.2, 0.25) is 0 Å². The molecular weight excluding hydrogens is 593 g/mol. The molecule has 3 aromatic carbocycles. The van der Waals surface area contributed by atoms with Gasteiger partial charge in [-0.25, -0.2) is 27.2 Å². The van der Waals surface area contributed by atoms with Gasteiger partial charge in [-0.3, -0.25) is 4.79 Å². The zero-order chi connectivity index (χ0) is 31.9. The predicted molar refractivity (Wildman–Crippen MR) is 166 cm³/mol. The number of fused-ring (bicyclic) bond motifs is 1. The van der Waals surface area contributed by atoms with E-state index < -0.39 is 23.6 Å². The molecule has 0 saturated heterocycles. The summed E-state index contributed by atoms with van der Waals surface area (Å²) in [7, 11) is 0. The van der Waals surface area contributed by atoms with Gasteiger partial charge in [0.2, 0.25) is 0 Å². The average Bonchev–Trinajstić information content (AvgIpc) is 3.84. The lowest BCUT2D eigenvalue weighted by Gasteiger charge is -2.14. The van der Waals surface area contributed by atoms with Crippen LogP contribution >= 0.6 is 0 Å². The second-order valence-corrected chi connectivity index (χ2v) is 11.4. The Balaban J connectivity index is 1.13. The zero-order valence-electron chi connectivity index (χ0n) is 25.1. The van der Waals surface area contributed by atoms with Crippen LogP contribution in [0.1, 0.15) is 58.7 Å². The fourth-order valence-corrected chi connectivity index (χ4v) is 5.82. The van der Waals surface area contributed by atoms with Crippen molar-refractivity contribution in [3.63, 3.8) is 0 Å². The first-order valence-electron chi connectivity index (χ1n) is 15.0. The third kappa shape index (κ3) is 5.35. The van der Waals surface area contributed by atoms with Crippen LogP contribution in [-0.4, -0.2) is 40.5 Å². The van der Waals surface area contributed by atoms with Crippen molar-refractivity contribution in [1.29, 1.82) is 0 Å². The van der Waals surface area contributed by atoms with Gasteiger partial charge in [0.05, 0.1) is 17.9 Å². The number of hydrogen-bond donors (Lipinski definition) is 1. The number of carbonyl (C=O) groups is 1. The lowest BCUT2D eigenvalue weighted by atomic mass is 9.95.